The van der Waals surface area contributed by atoms with E-state index in [2.05, 4.69) is 22.2 Å². The van der Waals surface area contributed by atoms with Gasteiger partial charge in [0.1, 0.15) is 0 Å². The van der Waals surface area contributed by atoms with E-state index < -0.39 is 4.92 Å². The molecule has 6 heteroatoms. The van der Waals surface area contributed by atoms with E-state index in [0.29, 0.717) is 11.7 Å². The van der Waals surface area contributed by atoms with Gasteiger partial charge in [-0.25, -0.2) is 4.98 Å². The van der Waals surface area contributed by atoms with Crippen LogP contribution in [0.1, 0.15) is 12.8 Å². The number of pyridine rings is 1. The van der Waals surface area contributed by atoms with Gasteiger partial charge in [-0.15, -0.1) is 0 Å². The lowest BCUT2D eigenvalue weighted by Crippen LogP contribution is -2.35. The van der Waals surface area contributed by atoms with Crippen molar-refractivity contribution in [3.05, 3.63) is 28.4 Å². The van der Waals surface area contributed by atoms with Gasteiger partial charge in [0.2, 0.25) is 5.82 Å². The third-order valence-electron chi connectivity index (χ3n) is 3.26. The molecule has 0 saturated carbocycles. The van der Waals surface area contributed by atoms with Gasteiger partial charge in [0.05, 0.1) is 4.92 Å². The van der Waals surface area contributed by atoms with Crippen molar-refractivity contribution in [2.45, 2.75) is 12.8 Å². The zero-order valence-electron chi connectivity index (χ0n) is 10.5. The van der Waals surface area contributed by atoms with E-state index in [9.17, 15) is 10.1 Å². The Balaban J connectivity index is 1.95. The molecule has 0 aliphatic carbocycles. The molecule has 0 amide bonds. The molecule has 6 nitrogen and oxygen atoms in total. The zero-order valence-corrected chi connectivity index (χ0v) is 10.5. The van der Waals surface area contributed by atoms with Crippen LogP contribution in [0, 0.1) is 16.0 Å². The molecule has 0 bridgehead atoms. The van der Waals surface area contributed by atoms with E-state index in [1.165, 1.54) is 12.5 Å². The first kappa shape index (κ1) is 12.8. The molecule has 18 heavy (non-hydrogen) atoms. The van der Waals surface area contributed by atoms with Crippen LogP contribution in [0.25, 0.3) is 0 Å². The molecular weight excluding hydrogens is 232 g/mol. The lowest BCUT2D eigenvalue weighted by Gasteiger charge is -2.29. The Morgan fingerprint density at radius 3 is 3.22 bits per heavy atom. The Morgan fingerprint density at radius 2 is 2.50 bits per heavy atom. The Kier molecular flexibility index (Phi) is 4.09. The molecule has 1 aliphatic heterocycles. The molecule has 1 unspecified atom stereocenters. The second-order valence-corrected chi connectivity index (χ2v) is 4.78. The second-order valence-electron chi connectivity index (χ2n) is 4.78. The summed E-state index contributed by atoms with van der Waals surface area (Å²) in [5.41, 5.74) is 0.0432. The highest BCUT2D eigenvalue weighted by Crippen LogP contribution is 2.22. The molecule has 1 aromatic heterocycles. The van der Waals surface area contributed by atoms with Crippen molar-refractivity contribution in [1.82, 2.24) is 9.88 Å². The van der Waals surface area contributed by atoms with Gasteiger partial charge in [0.25, 0.3) is 0 Å². The van der Waals surface area contributed by atoms with Crippen molar-refractivity contribution in [3.8, 4) is 0 Å². The van der Waals surface area contributed by atoms with Crippen LogP contribution in [0.3, 0.4) is 0 Å². The van der Waals surface area contributed by atoms with E-state index in [1.54, 1.807) is 12.3 Å². The van der Waals surface area contributed by atoms with Crippen LogP contribution in [0.4, 0.5) is 11.5 Å². The predicted octanol–water partition coefficient (Wildman–Crippen LogP) is 1.74. The Bertz CT molecular complexity index is 424. The molecular formula is C12H18N4O2. The highest BCUT2D eigenvalue weighted by atomic mass is 16.6. The van der Waals surface area contributed by atoms with Crippen LogP contribution in [-0.4, -0.2) is 41.5 Å². The minimum atomic E-state index is -0.400. The maximum atomic E-state index is 10.8. The van der Waals surface area contributed by atoms with Crippen molar-refractivity contribution in [2.24, 2.45) is 5.92 Å². The van der Waals surface area contributed by atoms with Crippen LogP contribution in [0.15, 0.2) is 18.3 Å². The summed E-state index contributed by atoms with van der Waals surface area (Å²) in [6.07, 6.45) is 3.92. The largest absolute Gasteiger partial charge is 0.364 e. The number of nitrogens with zero attached hydrogens (tertiary/aromatic N) is 3. The van der Waals surface area contributed by atoms with E-state index >= 15 is 0 Å². The fourth-order valence-corrected chi connectivity index (χ4v) is 2.36. The van der Waals surface area contributed by atoms with Gasteiger partial charge >= 0.3 is 5.69 Å². The first-order valence-electron chi connectivity index (χ1n) is 6.18. The number of nitrogens with one attached hydrogen (secondary N) is 1. The van der Waals surface area contributed by atoms with Gasteiger partial charge in [-0.2, -0.15) is 0 Å². The van der Waals surface area contributed by atoms with Gasteiger partial charge in [0, 0.05) is 25.4 Å². The van der Waals surface area contributed by atoms with Crippen LogP contribution in [0.5, 0.6) is 0 Å². The highest BCUT2D eigenvalue weighted by Gasteiger charge is 2.19. The first-order chi connectivity index (χ1) is 8.66. The number of anilines is 1. The van der Waals surface area contributed by atoms with E-state index in [-0.39, 0.29) is 5.69 Å². The maximum absolute atomic E-state index is 10.8. The number of piperidine rings is 1. The summed E-state index contributed by atoms with van der Waals surface area (Å²) in [5, 5.41) is 13.9. The third-order valence-corrected chi connectivity index (χ3v) is 3.26. The third kappa shape index (κ3) is 3.16. The Labute approximate surface area is 106 Å². The summed E-state index contributed by atoms with van der Waals surface area (Å²) in [5.74, 6) is 0.904. The summed E-state index contributed by atoms with van der Waals surface area (Å²) in [7, 11) is 2.11. The quantitative estimate of drug-likeness (QED) is 0.651. The fraction of sp³-hybridized carbons (Fsp3) is 0.583. The van der Waals surface area contributed by atoms with Gasteiger partial charge in [-0.05, 0) is 38.4 Å². The van der Waals surface area contributed by atoms with Crippen molar-refractivity contribution in [2.75, 3.05) is 32.0 Å². The van der Waals surface area contributed by atoms with Crippen LogP contribution in [0.2, 0.25) is 0 Å². The fourth-order valence-electron chi connectivity index (χ4n) is 2.36. The van der Waals surface area contributed by atoms with Crippen molar-refractivity contribution >= 4 is 11.5 Å². The average molecular weight is 250 g/mol. The molecule has 2 heterocycles. The summed E-state index contributed by atoms with van der Waals surface area (Å²) < 4.78 is 0. The van der Waals surface area contributed by atoms with Crippen molar-refractivity contribution < 1.29 is 4.92 Å². The van der Waals surface area contributed by atoms with Crippen LogP contribution >= 0.6 is 0 Å². The number of rotatable bonds is 4. The Hall–Kier alpha value is -1.69. The van der Waals surface area contributed by atoms with Crippen LogP contribution < -0.4 is 5.32 Å². The normalized spacial score (nSPS) is 20.6. The molecule has 1 fully saturated rings. The second kappa shape index (κ2) is 5.77. The molecule has 1 aromatic rings. The van der Waals surface area contributed by atoms with Crippen molar-refractivity contribution in [3.63, 3.8) is 0 Å². The summed E-state index contributed by atoms with van der Waals surface area (Å²) >= 11 is 0. The number of hydrogen-bond acceptors (Lipinski definition) is 5. The van der Waals surface area contributed by atoms with Crippen molar-refractivity contribution in [1.29, 1.82) is 0 Å². The zero-order chi connectivity index (χ0) is 13.0. The number of aromatic nitrogens is 1. The van der Waals surface area contributed by atoms with Gasteiger partial charge < -0.3 is 10.2 Å². The molecule has 98 valence electrons. The van der Waals surface area contributed by atoms with Gasteiger partial charge in [-0.3, -0.25) is 10.1 Å². The summed E-state index contributed by atoms with van der Waals surface area (Å²) in [4.78, 5) is 16.8. The van der Waals surface area contributed by atoms with E-state index in [1.807, 2.05) is 0 Å². The molecule has 1 saturated heterocycles. The molecule has 0 aromatic carbocycles. The minimum Gasteiger partial charge on any atom is -0.364 e. The molecule has 1 atom stereocenters. The molecule has 0 radical (unpaired) electrons. The number of hydrogen-bond donors (Lipinski definition) is 1. The number of likely N-dealkylation sites (tertiary alicyclic amines) is 1. The molecule has 2 rings (SSSR count). The first-order valence-corrected chi connectivity index (χ1v) is 6.18. The number of nitro groups is 1. The topological polar surface area (TPSA) is 71.3 Å². The molecule has 0 spiro atoms. The van der Waals surface area contributed by atoms with Crippen LogP contribution in [-0.2, 0) is 0 Å². The standard InChI is InChI=1S/C12H18N4O2/c1-15-7-3-4-10(9-15)8-14-12-11(16(17)18)5-2-6-13-12/h2,5-6,10H,3-4,7-9H2,1H3,(H,13,14). The maximum Gasteiger partial charge on any atom is 0.311 e. The highest BCUT2D eigenvalue weighted by molar-refractivity contribution is 5.55. The van der Waals surface area contributed by atoms with E-state index in [0.717, 1.165) is 26.1 Å². The Morgan fingerprint density at radius 1 is 1.67 bits per heavy atom. The average Bonchev–Trinajstić information content (AvgIpc) is 2.37. The lowest BCUT2D eigenvalue weighted by molar-refractivity contribution is -0.384. The summed E-state index contributed by atoms with van der Waals surface area (Å²) in [6.45, 7) is 2.91. The minimum absolute atomic E-state index is 0.0432. The predicted molar refractivity (Wildman–Crippen MR) is 69.6 cm³/mol. The SMILES string of the molecule is CN1CCCC(CNc2ncccc2[N+](=O)[O-])C1. The van der Waals surface area contributed by atoms with E-state index in [4.69, 9.17) is 0 Å². The smallest absolute Gasteiger partial charge is 0.311 e. The summed E-state index contributed by atoms with van der Waals surface area (Å²) in [6, 6.07) is 3.06. The molecule has 1 N–H and O–H groups in total. The lowest BCUT2D eigenvalue weighted by atomic mass is 9.98. The monoisotopic (exact) mass is 250 g/mol. The van der Waals surface area contributed by atoms with Gasteiger partial charge in [-0.1, -0.05) is 0 Å². The molecule has 1 aliphatic rings. The van der Waals surface area contributed by atoms with Gasteiger partial charge in [0.15, 0.2) is 0 Å².